The van der Waals surface area contributed by atoms with Crippen molar-refractivity contribution in [3.8, 4) is 11.4 Å². The number of imide groups is 1. The van der Waals surface area contributed by atoms with Crippen molar-refractivity contribution in [3.63, 3.8) is 0 Å². The Labute approximate surface area is 149 Å². The van der Waals surface area contributed by atoms with Gasteiger partial charge >= 0.3 is 6.03 Å². The summed E-state index contributed by atoms with van der Waals surface area (Å²) in [5.41, 5.74) is 1.60. The highest BCUT2D eigenvalue weighted by Gasteiger charge is 2.47. The maximum absolute atomic E-state index is 12.3. The van der Waals surface area contributed by atoms with Crippen molar-refractivity contribution < 1.29 is 14.7 Å². The van der Waals surface area contributed by atoms with Crippen LogP contribution < -0.4 is 10.2 Å². The van der Waals surface area contributed by atoms with E-state index in [0.717, 1.165) is 5.56 Å². The second-order valence-corrected chi connectivity index (χ2v) is 6.78. The number of carbonyl (C=O) groups excluding carboxylic acids is 2. The molecule has 0 radical (unpaired) electrons. The van der Waals surface area contributed by atoms with Crippen molar-refractivity contribution in [2.75, 3.05) is 4.90 Å². The third-order valence-electron chi connectivity index (χ3n) is 4.50. The monoisotopic (exact) mass is 351 g/mol. The highest BCUT2D eigenvalue weighted by atomic mass is 16.3. The third-order valence-corrected chi connectivity index (χ3v) is 4.50. The number of fused-ring (bicyclic) bond motifs is 1. The number of urea groups is 1. The topological polar surface area (TPSA) is 100 Å². The highest BCUT2D eigenvalue weighted by molar-refractivity contribution is 6.17. The molecule has 0 saturated carbocycles. The zero-order valence-corrected chi connectivity index (χ0v) is 14.5. The molecule has 3 aromatic rings. The van der Waals surface area contributed by atoms with Crippen molar-refractivity contribution in [1.29, 1.82) is 0 Å². The predicted molar refractivity (Wildman–Crippen MR) is 95.4 cm³/mol. The number of hydrogen-bond acceptors (Lipinski definition) is 5. The standard InChI is InChI=1S/C18H17N5O3/c1-10-8-13(22-17(26)19-16(25)18(22,2)3)15(24)14(9-10)23-20-11-6-4-5-7-12(11)21-23/h4-9,24H,1-3H3,(H,19,25,26). The number of phenolic OH excluding ortho intramolecular Hbond substituents is 1. The molecule has 1 aliphatic heterocycles. The lowest BCUT2D eigenvalue weighted by atomic mass is 10.0. The van der Waals surface area contributed by atoms with Crippen molar-refractivity contribution in [2.24, 2.45) is 0 Å². The molecule has 1 aromatic heterocycles. The second kappa shape index (κ2) is 5.29. The maximum Gasteiger partial charge on any atom is 0.329 e. The van der Waals surface area contributed by atoms with E-state index in [0.29, 0.717) is 16.7 Å². The summed E-state index contributed by atoms with van der Waals surface area (Å²) < 4.78 is 0. The van der Waals surface area contributed by atoms with Crippen molar-refractivity contribution in [2.45, 2.75) is 26.3 Å². The van der Waals surface area contributed by atoms with Gasteiger partial charge in [0.15, 0.2) is 5.75 Å². The summed E-state index contributed by atoms with van der Waals surface area (Å²) in [5, 5.41) is 21.9. The van der Waals surface area contributed by atoms with Crippen LogP contribution in [-0.4, -0.2) is 37.6 Å². The summed E-state index contributed by atoms with van der Waals surface area (Å²) in [4.78, 5) is 27.0. The predicted octanol–water partition coefficient (Wildman–Crippen LogP) is 2.27. The molecule has 0 spiro atoms. The Kier molecular flexibility index (Phi) is 3.27. The Morgan fingerprint density at radius 3 is 2.15 bits per heavy atom. The van der Waals surface area contributed by atoms with Gasteiger partial charge in [-0.15, -0.1) is 15.0 Å². The highest BCUT2D eigenvalue weighted by Crippen LogP contribution is 2.39. The van der Waals surface area contributed by atoms with Crippen LogP contribution in [0.3, 0.4) is 0 Å². The molecule has 4 rings (SSSR count). The lowest BCUT2D eigenvalue weighted by Crippen LogP contribution is -2.44. The first-order chi connectivity index (χ1) is 12.3. The van der Waals surface area contributed by atoms with E-state index in [-0.39, 0.29) is 11.4 Å². The van der Waals surface area contributed by atoms with Gasteiger partial charge in [0.1, 0.15) is 22.3 Å². The van der Waals surface area contributed by atoms with Crippen molar-refractivity contribution in [3.05, 3.63) is 42.0 Å². The number of nitrogens with one attached hydrogen (secondary N) is 1. The van der Waals surface area contributed by atoms with Gasteiger partial charge in [-0.25, -0.2) is 4.79 Å². The van der Waals surface area contributed by atoms with E-state index in [1.165, 1.54) is 9.70 Å². The van der Waals surface area contributed by atoms with Crippen LogP contribution in [0.15, 0.2) is 36.4 Å². The minimum atomic E-state index is -1.12. The summed E-state index contributed by atoms with van der Waals surface area (Å²) in [6.45, 7) is 5.07. The minimum Gasteiger partial charge on any atom is -0.504 e. The van der Waals surface area contributed by atoms with Crippen LogP contribution in [0, 0.1) is 6.92 Å². The maximum atomic E-state index is 12.3. The quantitative estimate of drug-likeness (QED) is 0.690. The van der Waals surface area contributed by atoms with Crippen LogP contribution in [0.4, 0.5) is 10.5 Å². The molecular weight excluding hydrogens is 334 g/mol. The smallest absolute Gasteiger partial charge is 0.329 e. The van der Waals surface area contributed by atoms with E-state index in [9.17, 15) is 14.7 Å². The Bertz CT molecular complexity index is 1040. The number of hydrogen-bond donors (Lipinski definition) is 2. The fraction of sp³-hybridized carbons (Fsp3) is 0.222. The summed E-state index contributed by atoms with van der Waals surface area (Å²) in [7, 11) is 0. The largest absolute Gasteiger partial charge is 0.504 e. The number of rotatable bonds is 2. The Morgan fingerprint density at radius 1 is 1.04 bits per heavy atom. The SMILES string of the molecule is Cc1cc(N2C(=O)NC(=O)C2(C)C)c(O)c(-n2nc3ccccc3n2)c1. The molecule has 2 N–H and O–H groups in total. The summed E-state index contributed by atoms with van der Waals surface area (Å²) in [6.07, 6.45) is 0. The molecule has 0 bridgehead atoms. The van der Waals surface area contributed by atoms with Gasteiger partial charge in [-0.2, -0.15) is 0 Å². The van der Waals surface area contributed by atoms with Crippen molar-refractivity contribution >= 4 is 28.7 Å². The van der Waals surface area contributed by atoms with E-state index in [4.69, 9.17) is 0 Å². The first-order valence-corrected chi connectivity index (χ1v) is 8.11. The van der Waals surface area contributed by atoms with Gasteiger partial charge < -0.3 is 5.11 Å². The lowest BCUT2D eigenvalue weighted by molar-refractivity contribution is -0.122. The molecule has 8 heteroatoms. The van der Waals surface area contributed by atoms with Gasteiger partial charge in [0, 0.05) is 0 Å². The van der Waals surface area contributed by atoms with Gasteiger partial charge in [0.25, 0.3) is 5.91 Å². The number of amides is 3. The molecule has 2 aromatic carbocycles. The van der Waals surface area contributed by atoms with E-state index >= 15 is 0 Å². The summed E-state index contributed by atoms with van der Waals surface area (Å²) in [5.74, 6) is -0.596. The minimum absolute atomic E-state index is 0.172. The summed E-state index contributed by atoms with van der Waals surface area (Å²) >= 11 is 0. The van der Waals surface area contributed by atoms with E-state index in [1.807, 2.05) is 31.2 Å². The first-order valence-electron chi connectivity index (χ1n) is 8.11. The zero-order valence-electron chi connectivity index (χ0n) is 14.5. The molecule has 1 aliphatic rings. The van der Waals surface area contributed by atoms with E-state index < -0.39 is 17.5 Å². The van der Waals surface area contributed by atoms with Crippen LogP contribution in [-0.2, 0) is 4.79 Å². The number of benzene rings is 2. The second-order valence-electron chi connectivity index (χ2n) is 6.78. The van der Waals surface area contributed by atoms with Gasteiger partial charge in [0.05, 0.1) is 5.69 Å². The average molecular weight is 351 g/mol. The number of nitrogens with zero attached hydrogens (tertiary/aromatic N) is 4. The Balaban J connectivity index is 1.91. The fourth-order valence-electron chi connectivity index (χ4n) is 3.10. The number of aromatic hydroxyl groups is 1. The molecule has 3 amide bonds. The van der Waals surface area contributed by atoms with Gasteiger partial charge in [0.2, 0.25) is 0 Å². The average Bonchev–Trinajstić information content (AvgIpc) is 3.08. The van der Waals surface area contributed by atoms with Crippen LogP contribution >= 0.6 is 0 Å². The number of aryl methyl sites for hydroxylation is 1. The summed E-state index contributed by atoms with van der Waals surface area (Å²) in [6, 6.07) is 10.1. The van der Waals surface area contributed by atoms with Crippen molar-refractivity contribution in [1.82, 2.24) is 20.3 Å². The molecule has 2 heterocycles. The molecule has 132 valence electrons. The van der Waals surface area contributed by atoms with Gasteiger partial charge in [-0.05, 0) is 50.6 Å². The third kappa shape index (κ3) is 2.22. The van der Waals surface area contributed by atoms with Crippen LogP contribution in [0.5, 0.6) is 5.75 Å². The van der Waals surface area contributed by atoms with Crippen LogP contribution in [0.2, 0.25) is 0 Å². The van der Waals surface area contributed by atoms with Gasteiger partial charge in [-0.3, -0.25) is 15.0 Å². The number of phenols is 1. The molecule has 26 heavy (non-hydrogen) atoms. The lowest BCUT2D eigenvalue weighted by Gasteiger charge is -2.29. The molecule has 1 saturated heterocycles. The molecule has 1 fully saturated rings. The molecule has 8 nitrogen and oxygen atoms in total. The molecule has 0 atom stereocenters. The first kappa shape index (κ1) is 16.1. The normalized spacial score (nSPS) is 16.3. The van der Waals surface area contributed by atoms with Gasteiger partial charge in [-0.1, -0.05) is 12.1 Å². The molecular formula is C18H17N5O3. The van der Waals surface area contributed by atoms with E-state index in [1.54, 1.807) is 26.0 Å². The van der Waals surface area contributed by atoms with Crippen LogP contribution in [0.1, 0.15) is 19.4 Å². The number of aromatic nitrogens is 3. The van der Waals surface area contributed by atoms with E-state index in [2.05, 4.69) is 15.5 Å². The molecule has 0 unspecified atom stereocenters. The number of anilines is 1. The zero-order chi connectivity index (χ0) is 18.6. The fourth-order valence-corrected chi connectivity index (χ4v) is 3.10. The van der Waals surface area contributed by atoms with Crippen LogP contribution in [0.25, 0.3) is 16.7 Å². The Morgan fingerprint density at radius 2 is 1.62 bits per heavy atom. The number of carbonyl (C=O) groups is 2. The Hall–Kier alpha value is -3.42. The molecule has 0 aliphatic carbocycles.